The van der Waals surface area contributed by atoms with Crippen molar-refractivity contribution in [1.82, 2.24) is 5.32 Å². The zero-order valence-corrected chi connectivity index (χ0v) is 14.9. The van der Waals surface area contributed by atoms with Crippen molar-refractivity contribution in [2.45, 2.75) is 19.9 Å². The van der Waals surface area contributed by atoms with E-state index in [1.807, 2.05) is 24.1 Å². The van der Waals surface area contributed by atoms with E-state index in [2.05, 4.69) is 41.2 Å². The molecule has 0 fully saturated rings. The highest BCUT2D eigenvalue weighted by Crippen LogP contribution is 2.29. The van der Waals surface area contributed by atoms with Crippen LogP contribution in [0.2, 0.25) is 0 Å². The van der Waals surface area contributed by atoms with E-state index in [4.69, 9.17) is 0 Å². The van der Waals surface area contributed by atoms with Crippen LogP contribution in [0.4, 0.5) is 5.69 Å². The van der Waals surface area contributed by atoms with E-state index in [0.29, 0.717) is 6.54 Å². The van der Waals surface area contributed by atoms with Gasteiger partial charge in [0.1, 0.15) is 9.84 Å². The molecule has 1 rings (SSSR count). The SMILES string of the molecule is CCNC(C)c1cc(Br)ccc1N(C)CCS(C)(=O)=O. The topological polar surface area (TPSA) is 49.4 Å². The van der Waals surface area contributed by atoms with Crippen LogP contribution in [-0.4, -0.2) is 40.6 Å². The number of benzene rings is 1. The molecule has 4 nitrogen and oxygen atoms in total. The average Bonchev–Trinajstić information content (AvgIpc) is 2.35. The van der Waals surface area contributed by atoms with Crippen LogP contribution in [0.1, 0.15) is 25.5 Å². The summed E-state index contributed by atoms with van der Waals surface area (Å²) in [6.45, 7) is 5.56. The average molecular weight is 363 g/mol. The van der Waals surface area contributed by atoms with Gasteiger partial charge in [-0.05, 0) is 37.2 Å². The van der Waals surface area contributed by atoms with Crippen LogP contribution in [0, 0.1) is 0 Å². The summed E-state index contributed by atoms with van der Waals surface area (Å²) in [7, 11) is -1.02. The van der Waals surface area contributed by atoms with Gasteiger partial charge in [0.2, 0.25) is 0 Å². The summed E-state index contributed by atoms with van der Waals surface area (Å²) in [5.74, 6) is 0.161. The lowest BCUT2D eigenvalue weighted by molar-refractivity contribution is 0.595. The van der Waals surface area contributed by atoms with Crippen molar-refractivity contribution in [1.29, 1.82) is 0 Å². The number of halogens is 1. The van der Waals surface area contributed by atoms with Crippen molar-refractivity contribution in [3.05, 3.63) is 28.2 Å². The first-order valence-electron chi connectivity index (χ1n) is 6.66. The van der Waals surface area contributed by atoms with Crippen LogP contribution in [-0.2, 0) is 9.84 Å². The molecule has 1 N–H and O–H groups in total. The maximum atomic E-state index is 11.3. The van der Waals surface area contributed by atoms with Crippen molar-refractivity contribution in [2.75, 3.05) is 37.0 Å². The Balaban J connectivity index is 2.98. The molecule has 1 aromatic rings. The number of hydrogen-bond donors (Lipinski definition) is 1. The van der Waals surface area contributed by atoms with E-state index in [1.54, 1.807) is 0 Å². The molecule has 1 unspecified atom stereocenters. The molecule has 0 aliphatic carbocycles. The fraction of sp³-hybridized carbons (Fsp3) is 0.571. The fourth-order valence-electron chi connectivity index (χ4n) is 2.06. The van der Waals surface area contributed by atoms with Gasteiger partial charge in [-0.1, -0.05) is 22.9 Å². The standard InChI is InChI=1S/C14H23BrN2O2S/c1-5-16-11(2)13-10-12(15)6-7-14(13)17(3)8-9-20(4,18)19/h6-7,10-11,16H,5,8-9H2,1-4H3. The van der Waals surface area contributed by atoms with Crippen LogP contribution >= 0.6 is 15.9 Å². The van der Waals surface area contributed by atoms with E-state index >= 15 is 0 Å². The predicted molar refractivity (Wildman–Crippen MR) is 89.2 cm³/mol. The Morgan fingerprint density at radius 3 is 2.60 bits per heavy atom. The minimum Gasteiger partial charge on any atom is -0.373 e. The Labute approximate surface area is 130 Å². The van der Waals surface area contributed by atoms with Gasteiger partial charge in [-0.2, -0.15) is 0 Å². The van der Waals surface area contributed by atoms with Gasteiger partial charge in [-0.25, -0.2) is 8.42 Å². The molecule has 20 heavy (non-hydrogen) atoms. The van der Waals surface area contributed by atoms with Crippen LogP contribution < -0.4 is 10.2 Å². The normalized spacial score (nSPS) is 13.2. The molecule has 0 spiro atoms. The number of hydrogen-bond acceptors (Lipinski definition) is 4. The number of nitrogens with zero attached hydrogens (tertiary/aromatic N) is 1. The van der Waals surface area contributed by atoms with Gasteiger partial charge >= 0.3 is 0 Å². The molecule has 0 aromatic heterocycles. The van der Waals surface area contributed by atoms with Gasteiger partial charge in [0, 0.05) is 36.1 Å². The molecule has 0 amide bonds. The van der Waals surface area contributed by atoms with Gasteiger partial charge in [-0.15, -0.1) is 0 Å². The quantitative estimate of drug-likeness (QED) is 0.809. The second-order valence-electron chi connectivity index (χ2n) is 5.03. The summed E-state index contributed by atoms with van der Waals surface area (Å²) < 4.78 is 23.6. The summed E-state index contributed by atoms with van der Waals surface area (Å²) in [6.07, 6.45) is 1.27. The number of anilines is 1. The molecule has 0 heterocycles. The van der Waals surface area contributed by atoms with Crippen molar-refractivity contribution < 1.29 is 8.42 Å². The number of rotatable bonds is 7. The zero-order chi connectivity index (χ0) is 15.3. The van der Waals surface area contributed by atoms with E-state index in [0.717, 1.165) is 22.3 Å². The van der Waals surface area contributed by atoms with Crippen LogP contribution in [0.25, 0.3) is 0 Å². The van der Waals surface area contributed by atoms with Gasteiger partial charge in [-0.3, -0.25) is 0 Å². The van der Waals surface area contributed by atoms with Crippen molar-refractivity contribution in [2.24, 2.45) is 0 Å². The predicted octanol–water partition coefficient (Wildman–Crippen LogP) is 2.60. The van der Waals surface area contributed by atoms with E-state index in [1.165, 1.54) is 6.26 Å². The first-order valence-corrected chi connectivity index (χ1v) is 9.51. The molecule has 0 aliphatic heterocycles. The maximum Gasteiger partial charge on any atom is 0.149 e. The maximum absolute atomic E-state index is 11.3. The van der Waals surface area contributed by atoms with Crippen LogP contribution in [0.15, 0.2) is 22.7 Å². The Bertz CT molecular complexity index is 546. The Morgan fingerprint density at radius 1 is 1.40 bits per heavy atom. The lowest BCUT2D eigenvalue weighted by Crippen LogP contribution is -2.27. The van der Waals surface area contributed by atoms with Crippen LogP contribution in [0.3, 0.4) is 0 Å². The van der Waals surface area contributed by atoms with Crippen molar-refractivity contribution in [3.63, 3.8) is 0 Å². The Kier molecular flexibility index (Phi) is 6.48. The molecule has 114 valence electrons. The van der Waals surface area contributed by atoms with Gasteiger partial charge in [0.15, 0.2) is 0 Å². The lowest BCUT2D eigenvalue weighted by Gasteiger charge is -2.25. The third-order valence-corrected chi connectivity index (χ3v) is 4.59. The summed E-state index contributed by atoms with van der Waals surface area (Å²) in [5, 5.41) is 3.39. The molecule has 0 aliphatic rings. The van der Waals surface area contributed by atoms with Crippen LogP contribution in [0.5, 0.6) is 0 Å². The second-order valence-corrected chi connectivity index (χ2v) is 8.21. The molecule has 0 saturated carbocycles. The van der Waals surface area contributed by atoms with E-state index < -0.39 is 9.84 Å². The molecule has 1 atom stereocenters. The van der Waals surface area contributed by atoms with Crippen molar-refractivity contribution in [3.8, 4) is 0 Å². The summed E-state index contributed by atoms with van der Waals surface area (Å²) in [6, 6.07) is 6.30. The molecule has 6 heteroatoms. The van der Waals surface area contributed by atoms with E-state index in [9.17, 15) is 8.42 Å². The smallest absolute Gasteiger partial charge is 0.149 e. The van der Waals surface area contributed by atoms with Gasteiger partial charge in [0.25, 0.3) is 0 Å². The molecular formula is C14H23BrN2O2S. The first-order chi connectivity index (χ1) is 9.24. The fourth-order valence-corrected chi connectivity index (χ4v) is 3.04. The summed E-state index contributed by atoms with van der Waals surface area (Å²) in [4.78, 5) is 2.00. The first kappa shape index (κ1) is 17.5. The van der Waals surface area contributed by atoms with Crippen molar-refractivity contribution >= 4 is 31.5 Å². The molecule has 0 radical (unpaired) electrons. The van der Waals surface area contributed by atoms with Gasteiger partial charge in [0.05, 0.1) is 5.75 Å². The minimum atomic E-state index is -2.95. The minimum absolute atomic E-state index is 0.161. The Morgan fingerprint density at radius 2 is 2.05 bits per heavy atom. The summed E-state index contributed by atoms with van der Waals surface area (Å²) >= 11 is 3.49. The third kappa shape index (κ3) is 5.42. The number of nitrogens with one attached hydrogen (secondary N) is 1. The van der Waals surface area contributed by atoms with Gasteiger partial charge < -0.3 is 10.2 Å². The summed E-state index contributed by atoms with van der Waals surface area (Å²) in [5.41, 5.74) is 2.22. The molecule has 0 saturated heterocycles. The number of sulfone groups is 1. The monoisotopic (exact) mass is 362 g/mol. The lowest BCUT2D eigenvalue weighted by atomic mass is 10.1. The highest BCUT2D eigenvalue weighted by Gasteiger charge is 2.14. The zero-order valence-electron chi connectivity index (χ0n) is 12.5. The highest BCUT2D eigenvalue weighted by atomic mass is 79.9. The molecular weight excluding hydrogens is 340 g/mol. The molecule has 1 aromatic carbocycles. The highest BCUT2D eigenvalue weighted by molar-refractivity contribution is 9.10. The Hall–Kier alpha value is -0.590. The van der Waals surface area contributed by atoms with E-state index in [-0.39, 0.29) is 11.8 Å². The largest absolute Gasteiger partial charge is 0.373 e. The molecule has 0 bridgehead atoms. The third-order valence-electron chi connectivity index (χ3n) is 3.18. The second kappa shape index (κ2) is 7.43.